The molecule has 1 atom stereocenters. The van der Waals surface area contributed by atoms with E-state index in [1.165, 1.54) is 11.1 Å². The van der Waals surface area contributed by atoms with Gasteiger partial charge in [0.15, 0.2) is 0 Å². The highest BCUT2D eigenvalue weighted by atomic mass is 16.4. The normalized spacial score (nSPS) is 17.7. The molecule has 104 valence electrons. The van der Waals surface area contributed by atoms with Crippen molar-refractivity contribution in [2.24, 2.45) is 0 Å². The molecule has 1 aromatic rings. The van der Waals surface area contributed by atoms with Gasteiger partial charge in [0.1, 0.15) is 0 Å². The van der Waals surface area contributed by atoms with Crippen LogP contribution in [0.4, 0.5) is 0 Å². The van der Waals surface area contributed by atoms with E-state index in [0.717, 1.165) is 19.4 Å². The van der Waals surface area contributed by atoms with E-state index in [2.05, 4.69) is 23.1 Å². The Labute approximate surface area is 113 Å². The van der Waals surface area contributed by atoms with Gasteiger partial charge in [0.2, 0.25) is 0 Å². The molecule has 0 heterocycles. The minimum absolute atomic E-state index is 0.117. The second-order valence-electron chi connectivity index (χ2n) is 5.01. The van der Waals surface area contributed by atoms with Gasteiger partial charge in [-0.05, 0) is 36.9 Å². The summed E-state index contributed by atoms with van der Waals surface area (Å²) in [5.74, 6) is -0.754. The number of hydrogen-bond acceptors (Lipinski definition) is 3. The zero-order chi connectivity index (χ0) is 13.7. The SMILES string of the molecule is O=C(O)CCCN(CCO)C1CCc2ccccc21. The summed E-state index contributed by atoms with van der Waals surface area (Å²) in [5, 5.41) is 17.9. The van der Waals surface area contributed by atoms with Gasteiger partial charge in [0.25, 0.3) is 0 Å². The Morgan fingerprint density at radius 2 is 2.11 bits per heavy atom. The Hall–Kier alpha value is -1.39. The molecule has 0 aromatic heterocycles. The number of benzene rings is 1. The highest BCUT2D eigenvalue weighted by Crippen LogP contribution is 2.35. The lowest BCUT2D eigenvalue weighted by atomic mass is 10.1. The molecule has 0 saturated carbocycles. The van der Waals surface area contributed by atoms with Crippen molar-refractivity contribution in [3.8, 4) is 0 Å². The Balaban J connectivity index is 2.01. The molecule has 1 unspecified atom stereocenters. The number of carboxylic acid groups (broad SMARTS) is 1. The fourth-order valence-electron chi connectivity index (χ4n) is 2.90. The monoisotopic (exact) mass is 263 g/mol. The molecule has 1 aliphatic carbocycles. The number of aliphatic hydroxyl groups excluding tert-OH is 1. The van der Waals surface area contributed by atoms with Gasteiger partial charge in [-0.15, -0.1) is 0 Å². The average Bonchev–Trinajstić information content (AvgIpc) is 2.81. The van der Waals surface area contributed by atoms with Crippen molar-refractivity contribution in [2.45, 2.75) is 31.7 Å². The quantitative estimate of drug-likeness (QED) is 0.788. The first kappa shape index (κ1) is 14.0. The van der Waals surface area contributed by atoms with Crippen LogP contribution in [0.2, 0.25) is 0 Å². The van der Waals surface area contributed by atoms with Crippen LogP contribution in [0.25, 0.3) is 0 Å². The topological polar surface area (TPSA) is 60.8 Å². The van der Waals surface area contributed by atoms with Crippen LogP contribution in [0.15, 0.2) is 24.3 Å². The molecule has 0 bridgehead atoms. The maximum atomic E-state index is 10.6. The lowest BCUT2D eigenvalue weighted by Gasteiger charge is -2.28. The van der Waals surface area contributed by atoms with Crippen molar-refractivity contribution >= 4 is 5.97 Å². The number of hydrogen-bond donors (Lipinski definition) is 2. The van der Waals surface area contributed by atoms with Crippen molar-refractivity contribution in [1.29, 1.82) is 0 Å². The number of rotatable bonds is 7. The smallest absolute Gasteiger partial charge is 0.303 e. The number of nitrogens with zero attached hydrogens (tertiary/aromatic N) is 1. The van der Waals surface area contributed by atoms with Gasteiger partial charge in [-0.1, -0.05) is 24.3 Å². The third-order valence-electron chi connectivity index (χ3n) is 3.77. The van der Waals surface area contributed by atoms with Gasteiger partial charge in [-0.3, -0.25) is 9.69 Å². The first-order valence-electron chi connectivity index (χ1n) is 6.87. The highest BCUT2D eigenvalue weighted by molar-refractivity contribution is 5.66. The predicted octanol–water partition coefficient (Wildman–Crippen LogP) is 1.83. The van der Waals surface area contributed by atoms with E-state index in [1.54, 1.807) is 0 Å². The third-order valence-corrected chi connectivity index (χ3v) is 3.77. The summed E-state index contributed by atoms with van der Waals surface area (Å²) in [6.45, 7) is 1.45. The summed E-state index contributed by atoms with van der Waals surface area (Å²) in [4.78, 5) is 12.8. The lowest BCUT2D eigenvalue weighted by molar-refractivity contribution is -0.137. The molecule has 0 radical (unpaired) electrons. The predicted molar refractivity (Wildman–Crippen MR) is 73.0 cm³/mol. The van der Waals surface area contributed by atoms with Crippen LogP contribution in [-0.2, 0) is 11.2 Å². The largest absolute Gasteiger partial charge is 0.481 e. The van der Waals surface area contributed by atoms with Gasteiger partial charge >= 0.3 is 5.97 Å². The number of aryl methyl sites for hydroxylation is 1. The zero-order valence-corrected chi connectivity index (χ0v) is 11.1. The third kappa shape index (κ3) is 3.55. The van der Waals surface area contributed by atoms with Crippen LogP contribution in [0.1, 0.15) is 36.4 Å². The number of aliphatic carboxylic acids is 1. The Morgan fingerprint density at radius 3 is 2.84 bits per heavy atom. The summed E-state index contributed by atoms with van der Waals surface area (Å²) in [6, 6.07) is 8.74. The lowest BCUT2D eigenvalue weighted by Crippen LogP contribution is -2.31. The van der Waals surface area contributed by atoms with Crippen molar-refractivity contribution in [2.75, 3.05) is 19.7 Å². The van der Waals surface area contributed by atoms with Crippen molar-refractivity contribution in [3.05, 3.63) is 35.4 Å². The molecule has 19 heavy (non-hydrogen) atoms. The molecular weight excluding hydrogens is 242 g/mol. The van der Waals surface area contributed by atoms with E-state index < -0.39 is 5.97 Å². The number of aliphatic hydroxyl groups is 1. The summed E-state index contributed by atoms with van der Waals surface area (Å²) < 4.78 is 0. The molecule has 0 spiro atoms. The van der Waals surface area contributed by atoms with Crippen molar-refractivity contribution < 1.29 is 15.0 Å². The Morgan fingerprint density at radius 1 is 1.32 bits per heavy atom. The molecule has 0 amide bonds. The number of carbonyl (C=O) groups is 1. The second-order valence-corrected chi connectivity index (χ2v) is 5.01. The van der Waals surface area contributed by atoms with E-state index in [1.807, 2.05) is 6.07 Å². The van der Waals surface area contributed by atoms with Crippen LogP contribution in [0, 0.1) is 0 Å². The zero-order valence-electron chi connectivity index (χ0n) is 11.1. The van der Waals surface area contributed by atoms with Crippen LogP contribution in [0.3, 0.4) is 0 Å². The molecule has 2 N–H and O–H groups in total. The summed E-state index contributed by atoms with van der Waals surface area (Å²) in [6.07, 6.45) is 2.96. The van der Waals surface area contributed by atoms with E-state index in [0.29, 0.717) is 19.0 Å². The molecule has 4 heteroatoms. The van der Waals surface area contributed by atoms with Gasteiger partial charge in [0.05, 0.1) is 6.61 Å². The first-order valence-corrected chi connectivity index (χ1v) is 6.87. The van der Waals surface area contributed by atoms with E-state index in [9.17, 15) is 9.90 Å². The second kappa shape index (κ2) is 6.68. The van der Waals surface area contributed by atoms with Gasteiger partial charge in [-0.25, -0.2) is 0 Å². The van der Waals surface area contributed by atoms with E-state index >= 15 is 0 Å². The first-order chi connectivity index (χ1) is 9.22. The number of carboxylic acids is 1. The molecule has 1 aliphatic rings. The Bertz CT molecular complexity index is 433. The fourth-order valence-corrected chi connectivity index (χ4v) is 2.90. The molecule has 4 nitrogen and oxygen atoms in total. The maximum Gasteiger partial charge on any atom is 0.303 e. The average molecular weight is 263 g/mol. The van der Waals surface area contributed by atoms with Crippen molar-refractivity contribution in [3.63, 3.8) is 0 Å². The molecule has 1 aromatic carbocycles. The number of fused-ring (bicyclic) bond motifs is 1. The van der Waals surface area contributed by atoms with Gasteiger partial charge in [0, 0.05) is 19.0 Å². The minimum atomic E-state index is -0.754. The van der Waals surface area contributed by atoms with E-state index in [4.69, 9.17) is 5.11 Å². The standard InChI is InChI=1S/C15H21NO3/c17-11-10-16(9-3-6-15(18)19)14-8-7-12-4-1-2-5-13(12)14/h1-2,4-5,14,17H,3,6-11H2,(H,18,19). The fraction of sp³-hybridized carbons (Fsp3) is 0.533. The molecule has 0 fully saturated rings. The summed E-state index contributed by atoms with van der Waals surface area (Å²) in [5.41, 5.74) is 2.72. The summed E-state index contributed by atoms with van der Waals surface area (Å²) >= 11 is 0. The van der Waals surface area contributed by atoms with Gasteiger partial charge < -0.3 is 10.2 Å². The highest BCUT2D eigenvalue weighted by Gasteiger charge is 2.26. The van der Waals surface area contributed by atoms with Gasteiger partial charge in [-0.2, -0.15) is 0 Å². The molecule has 0 saturated heterocycles. The molecule has 2 rings (SSSR count). The maximum absolute atomic E-state index is 10.6. The van der Waals surface area contributed by atoms with Crippen LogP contribution < -0.4 is 0 Å². The summed E-state index contributed by atoms with van der Waals surface area (Å²) in [7, 11) is 0. The molecule has 0 aliphatic heterocycles. The van der Waals surface area contributed by atoms with Crippen LogP contribution >= 0.6 is 0 Å². The van der Waals surface area contributed by atoms with Crippen LogP contribution in [0.5, 0.6) is 0 Å². The Kier molecular flexibility index (Phi) is 4.93. The molecular formula is C15H21NO3. The van der Waals surface area contributed by atoms with E-state index in [-0.39, 0.29) is 13.0 Å². The minimum Gasteiger partial charge on any atom is -0.481 e. The van der Waals surface area contributed by atoms with Crippen molar-refractivity contribution in [1.82, 2.24) is 4.90 Å². The van der Waals surface area contributed by atoms with Crippen LogP contribution in [-0.4, -0.2) is 40.8 Å².